The summed E-state index contributed by atoms with van der Waals surface area (Å²) in [6.45, 7) is 6.48. The standard InChI is InChI=1S/C16H26N2O/c1-3-5-10-18(11-6-4-2)16(19)15-9-7-8-14(12-15)13-17/h7-9,12H,3-6,10-11,13,17H2,1-2H3. The zero-order valence-electron chi connectivity index (χ0n) is 12.2. The summed E-state index contributed by atoms with van der Waals surface area (Å²) >= 11 is 0. The Bertz CT molecular complexity index is 382. The number of hydrogen-bond acceptors (Lipinski definition) is 2. The summed E-state index contributed by atoms with van der Waals surface area (Å²) in [5.41, 5.74) is 7.40. The minimum Gasteiger partial charge on any atom is -0.339 e. The zero-order chi connectivity index (χ0) is 14.1. The van der Waals surface area contributed by atoms with E-state index >= 15 is 0 Å². The van der Waals surface area contributed by atoms with Gasteiger partial charge in [0.15, 0.2) is 0 Å². The van der Waals surface area contributed by atoms with Crippen molar-refractivity contribution in [1.82, 2.24) is 4.90 Å². The molecule has 0 aliphatic heterocycles. The predicted molar refractivity (Wildman–Crippen MR) is 80.1 cm³/mol. The molecule has 0 spiro atoms. The Labute approximate surface area is 116 Å². The van der Waals surface area contributed by atoms with Crippen molar-refractivity contribution in [1.29, 1.82) is 0 Å². The van der Waals surface area contributed by atoms with Crippen LogP contribution in [0.3, 0.4) is 0 Å². The smallest absolute Gasteiger partial charge is 0.253 e. The van der Waals surface area contributed by atoms with Gasteiger partial charge in [-0.3, -0.25) is 4.79 Å². The number of rotatable bonds is 8. The van der Waals surface area contributed by atoms with Crippen molar-refractivity contribution < 1.29 is 4.79 Å². The highest BCUT2D eigenvalue weighted by Crippen LogP contribution is 2.10. The van der Waals surface area contributed by atoms with Gasteiger partial charge in [-0.25, -0.2) is 0 Å². The Hall–Kier alpha value is -1.35. The molecule has 0 radical (unpaired) electrons. The molecule has 1 aromatic rings. The van der Waals surface area contributed by atoms with Gasteiger partial charge in [0.1, 0.15) is 0 Å². The van der Waals surface area contributed by atoms with Gasteiger partial charge in [0.05, 0.1) is 0 Å². The van der Waals surface area contributed by atoms with Gasteiger partial charge < -0.3 is 10.6 Å². The van der Waals surface area contributed by atoms with E-state index in [1.807, 2.05) is 29.2 Å². The summed E-state index contributed by atoms with van der Waals surface area (Å²) < 4.78 is 0. The molecular formula is C16H26N2O. The van der Waals surface area contributed by atoms with E-state index in [0.29, 0.717) is 6.54 Å². The molecule has 3 nitrogen and oxygen atoms in total. The lowest BCUT2D eigenvalue weighted by molar-refractivity contribution is 0.0751. The van der Waals surface area contributed by atoms with E-state index in [1.165, 1.54) is 0 Å². The van der Waals surface area contributed by atoms with E-state index in [1.54, 1.807) is 0 Å². The highest BCUT2D eigenvalue weighted by Gasteiger charge is 2.14. The number of carbonyl (C=O) groups is 1. The Morgan fingerprint density at radius 1 is 1.16 bits per heavy atom. The second-order valence-corrected chi connectivity index (χ2v) is 4.90. The van der Waals surface area contributed by atoms with Crippen molar-refractivity contribution in [3.8, 4) is 0 Å². The molecule has 0 fully saturated rings. The van der Waals surface area contributed by atoms with Crippen LogP contribution in [0, 0.1) is 0 Å². The van der Waals surface area contributed by atoms with Gasteiger partial charge in [-0.15, -0.1) is 0 Å². The number of hydrogen-bond donors (Lipinski definition) is 1. The van der Waals surface area contributed by atoms with Gasteiger partial charge in [0.2, 0.25) is 0 Å². The first-order chi connectivity index (χ1) is 9.22. The third-order valence-corrected chi connectivity index (χ3v) is 3.26. The van der Waals surface area contributed by atoms with Crippen LogP contribution in [-0.2, 0) is 6.54 Å². The maximum atomic E-state index is 12.5. The molecule has 19 heavy (non-hydrogen) atoms. The first kappa shape index (κ1) is 15.7. The van der Waals surface area contributed by atoms with Crippen LogP contribution in [0.4, 0.5) is 0 Å². The predicted octanol–water partition coefficient (Wildman–Crippen LogP) is 3.19. The van der Waals surface area contributed by atoms with E-state index in [4.69, 9.17) is 5.73 Å². The lowest BCUT2D eigenvalue weighted by Gasteiger charge is -2.22. The molecule has 0 saturated heterocycles. The summed E-state index contributed by atoms with van der Waals surface area (Å²) in [6.07, 6.45) is 4.34. The Balaban J connectivity index is 2.77. The average Bonchev–Trinajstić information content (AvgIpc) is 2.47. The van der Waals surface area contributed by atoms with Crippen LogP contribution in [0.25, 0.3) is 0 Å². The molecular weight excluding hydrogens is 236 g/mol. The minimum absolute atomic E-state index is 0.136. The average molecular weight is 262 g/mol. The quantitative estimate of drug-likeness (QED) is 0.782. The second kappa shape index (κ2) is 8.70. The maximum absolute atomic E-state index is 12.5. The normalized spacial score (nSPS) is 10.5. The summed E-state index contributed by atoms with van der Waals surface area (Å²) in [7, 11) is 0. The molecule has 0 aliphatic rings. The van der Waals surface area contributed by atoms with Crippen molar-refractivity contribution in [2.75, 3.05) is 13.1 Å². The molecule has 2 N–H and O–H groups in total. The number of benzene rings is 1. The molecule has 1 rings (SSSR count). The molecule has 0 atom stereocenters. The van der Waals surface area contributed by atoms with E-state index in [-0.39, 0.29) is 5.91 Å². The Kier molecular flexibility index (Phi) is 7.19. The third-order valence-electron chi connectivity index (χ3n) is 3.26. The Morgan fingerprint density at radius 2 is 1.79 bits per heavy atom. The van der Waals surface area contributed by atoms with Gasteiger partial charge in [-0.2, -0.15) is 0 Å². The van der Waals surface area contributed by atoms with Crippen molar-refractivity contribution in [3.05, 3.63) is 35.4 Å². The molecule has 0 saturated carbocycles. The van der Waals surface area contributed by atoms with Crippen LogP contribution in [0.15, 0.2) is 24.3 Å². The summed E-state index contributed by atoms with van der Waals surface area (Å²) in [5.74, 6) is 0.136. The first-order valence-electron chi connectivity index (χ1n) is 7.31. The molecule has 3 heteroatoms. The fraction of sp³-hybridized carbons (Fsp3) is 0.562. The minimum atomic E-state index is 0.136. The van der Waals surface area contributed by atoms with Gasteiger partial charge in [-0.1, -0.05) is 38.8 Å². The van der Waals surface area contributed by atoms with Gasteiger partial charge in [0, 0.05) is 25.2 Å². The third kappa shape index (κ3) is 5.03. The van der Waals surface area contributed by atoms with Crippen LogP contribution in [0.2, 0.25) is 0 Å². The molecule has 0 heterocycles. The topological polar surface area (TPSA) is 46.3 Å². The number of nitrogens with two attached hydrogens (primary N) is 1. The van der Waals surface area contributed by atoms with Crippen LogP contribution in [0.5, 0.6) is 0 Å². The van der Waals surface area contributed by atoms with Crippen molar-refractivity contribution in [2.45, 2.75) is 46.1 Å². The summed E-state index contributed by atoms with van der Waals surface area (Å²) in [6, 6.07) is 7.66. The van der Waals surface area contributed by atoms with Crippen LogP contribution >= 0.6 is 0 Å². The number of amides is 1. The van der Waals surface area contributed by atoms with Crippen molar-refractivity contribution in [3.63, 3.8) is 0 Å². The zero-order valence-corrected chi connectivity index (χ0v) is 12.2. The molecule has 106 valence electrons. The molecule has 0 aliphatic carbocycles. The summed E-state index contributed by atoms with van der Waals surface area (Å²) in [4.78, 5) is 14.5. The van der Waals surface area contributed by atoms with E-state index in [2.05, 4.69) is 13.8 Å². The largest absolute Gasteiger partial charge is 0.339 e. The molecule has 0 unspecified atom stereocenters. The van der Waals surface area contributed by atoms with Gasteiger partial charge in [0.25, 0.3) is 5.91 Å². The second-order valence-electron chi connectivity index (χ2n) is 4.90. The van der Waals surface area contributed by atoms with E-state index in [0.717, 1.165) is 49.9 Å². The van der Waals surface area contributed by atoms with Crippen molar-refractivity contribution in [2.24, 2.45) is 5.73 Å². The first-order valence-corrected chi connectivity index (χ1v) is 7.31. The summed E-state index contributed by atoms with van der Waals surface area (Å²) in [5, 5.41) is 0. The molecule has 0 bridgehead atoms. The lowest BCUT2D eigenvalue weighted by Crippen LogP contribution is -2.33. The highest BCUT2D eigenvalue weighted by molar-refractivity contribution is 5.94. The van der Waals surface area contributed by atoms with Gasteiger partial charge >= 0.3 is 0 Å². The monoisotopic (exact) mass is 262 g/mol. The van der Waals surface area contributed by atoms with Crippen LogP contribution in [-0.4, -0.2) is 23.9 Å². The fourth-order valence-electron chi connectivity index (χ4n) is 2.03. The number of carbonyl (C=O) groups excluding carboxylic acids is 1. The molecule has 0 aromatic heterocycles. The fourth-order valence-corrected chi connectivity index (χ4v) is 2.03. The van der Waals surface area contributed by atoms with E-state index in [9.17, 15) is 4.79 Å². The highest BCUT2D eigenvalue weighted by atomic mass is 16.2. The number of nitrogens with zero attached hydrogens (tertiary/aromatic N) is 1. The molecule has 1 amide bonds. The number of unbranched alkanes of at least 4 members (excludes halogenated alkanes) is 2. The van der Waals surface area contributed by atoms with E-state index < -0.39 is 0 Å². The van der Waals surface area contributed by atoms with Crippen LogP contribution in [0.1, 0.15) is 55.5 Å². The van der Waals surface area contributed by atoms with Crippen LogP contribution < -0.4 is 5.73 Å². The van der Waals surface area contributed by atoms with Gasteiger partial charge in [-0.05, 0) is 30.5 Å². The Morgan fingerprint density at radius 3 is 2.32 bits per heavy atom. The maximum Gasteiger partial charge on any atom is 0.253 e. The SMILES string of the molecule is CCCCN(CCCC)C(=O)c1cccc(CN)c1. The molecule has 1 aromatic carbocycles. The van der Waals surface area contributed by atoms with Crippen molar-refractivity contribution >= 4 is 5.91 Å². The lowest BCUT2D eigenvalue weighted by atomic mass is 10.1.